The van der Waals surface area contributed by atoms with Crippen LogP contribution in [0, 0.1) is 0 Å². The molecule has 0 unspecified atom stereocenters. The van der Waals surface area contributed by atoms with Crippen LogP contribution in [-0.2, 0) is 13.1 Å². The van der Waals surface area contributed by atoms with Gasteiger partial charge >= 0.3 is 0 Å². The summed E-state index contributed by atoms with van der Waals surface area (Å²) in [6.45, 7) is 1.24. The van der Waals surface area contributed by atoms with Crippen molar-refractivity contribution in [3.05, 3.63) is 77.5 Å². The summed E-state index contributed by atoms with van der Waals surface area (Å²) in [5.74, 6) is 0.710. The molecule has 2 N–H and O–H groups in total. The third kappa shape index (κ3) is 4.65. The first-order valence-electron chi connectivity index (χ1n) is 9.16. The van der Waals surface area contributed by atoms with Gasteiger partial charge in [0.05, 0.1) is 5.52 Å². The summed E-state index contributed by atoms with van der Waals surface area (Å²) >= 11 is 0. The zero-order valence-electron chi connectivity index (χ0n) is 16.4. The number of carbonyl (C=O) groups is 1. The molecule has 0 radical (unpaired) electrons. The van der Waals surface area contributed by atoms with E-state index in [-0.39, 0.29) is 5.91 Å². The van der Waals surface area contributed by atoms with Crippen LogP contribution in [0.2, 0.25) is 0 Å². The van der Waals surface area contributed by atoms with Gasteiger partial charge in [0.15, 0.2) is 5.96 Å². The summed E-state index contributed by atoms with van der Waals surface area (Å²) < 4.78 is 0. The first-order chi connectivity index (χ1) is 13.6. The third-order valence-electron chi connectivity index (χ3n) is 4.45. The number of fused-ring (bicyclic) bond motifs is 1. The third-order valence-corrected chi connectivity index (χ3v) is 4.45. The largest absolute Gasteiger partial charge is 0.352 e. The second kappa shape index (κ2) is 8.99. The molecule has 3 rings (SSSR count). The lowest BCUT2D eigenvalue weighted by Crippen LogP contribution is -2.36. The standard InChI is InChI=1S/C22H25N5O/c1-23-22(25-14-16-9-11-18(12-10-16)21(28)27(2)3)26-15-19-7-4-6-17-8-5-13-24-20(17)19/h4-13H,14-15H2,1-3H3,(H2,23,25,26). The lowest BCUT2D eigenvalue weighted by Gasteiger charge is -2.14. The molecule has 3 aromatic rings. The Morgan fingerprint density at radius 2 is 1.71 bits per heavy atom. The number of para-hydroxylation sites is 1. The topological polar surface area (TPSA) is 69.6 Å². The highest BCUT2D eigenvalue weighted by atomic mass is 16.2. The van der Waals surface area contributed by atoms with Crippen LogP contribution in [0.15, 0.2) is 65.8 Å². The average molecular weight is 375 g/mol. The Morgan fingerprint density at radius 3 is 2.43 bits per heavy atom. The molecule has 0 saturated heterocycles. The van der Waals surface area contributed by atoms with Crippen LogP contribution in [0.4, 0.5) is 0 Å². The molecule has 1 amide bonds. The molecule has 0 spiro atoms. The van der Waals surface area contributed by atoms with Gasteiger partial charge in [-0.2, -0.15) is 0 Å². The number of hydrogen-bond donors (Lipinski definition) is 2. The van der Waals surface area contributed by atoms with Gasteiger partial charge in [0.1, 0.15) is 0 Å². The number of benzene rings is 2. The molecule has 144 valence electrons. The highest BCUT2D eigenvalue weighted by Gasteiger charge is 2.07. The predicted molar refractivity (Wildman–Crippen MR) is 113 cm³/mol. The average Bonchev–Trinajstić information content (AvgIpc) is 2.73. The highest BCUT2D eigenvalue weighted by molar-refractivity contribution is 5.93. The van der Waals surface area contributed by atoms with Crippen molar-refractivity contribution in [1.29, 1.82) is 0 Å². The monoisotopic (exact) mass is 375 g/mol. The van der Waals surface area contributed by atoms with Crippen LogP contribution < -0.4 is 10.6 Å². The maximum Gasteiger partial charge on any atom is 0.253 e. The van der Waals surface area contributed by atoms with Crippen LogP contribution >= 0.6 is 0 Å². The van der Waals surface area contributed by atoms with Gasteiger partial charge in [-0.15, -0.1) is 0 Å². The summed E-state index contributed by atoms with van der Waals surface area (Å²) in [7, 11) is 5.24. The van der Waals surface area contributed by atoms with Gasteiger partial charge in [-0.1, -0.05) is 36.4 Å². The van der Waals surface area contributed by atoms with Gasteiger partial charge in [0, 0.05) is 51.4 Å². The molecule has 0 aliphatic heterocycles. The van der Waals surface area contributed by atoms with E-state index in [1.54, 1.807) is 26.0 Å². The highest BCUT2D eigenvalue weighted by Crippen LogP contribution is 2.15. The van der Waals surface area contributed by atoms with Crippen molar-refractivity contribution in [3.63, 3.8) is 0 Å². The lowest BCUT2D eigenvalue weighted by atomic mass is 10.1. The van der Waals surface area contributed by atoms with Crippen LogP contribution in [0.25, 0.3) is 10.9 Å². The number of nitrogens with one attached hydrogen (secondary N) is 2. The number of carbonyl (C=O) groups excluding carboxylic acids is 1. The number of aromatic nitrogens is 1. The van der Waals surface area contributed by atoms with Gasteiger partial charge in [-0.3, -0.25) is 14.8 Å². The first kappa shape index (κ1) is 19.4. The van der Waals surface area contributed by atoms with E-state index in [1.807, 2.05) is 42.6 Å². The smallest absolute Gasteiger partial charge is 0.253 e. The van der Waals surface area contributed by atoms with Gasteiger partial charge in [-0.25, -0.2) is 0 Å². The van der Waals surface area contributed by atoms with Crippen LogP contribution in [-0.4, -0.2) is 42.9 Å². The van der Waals surface area contributed by atoms with Crippen molar-refractivity contribution < 1.29 is 4.79 Å². The Hall–Kier alpha value is -3.41. The van der Waals surface area contributed by atoms with E-state index in [0.717, 1.165) is 22.0 Å². The number of rotatable bonds is 5. The quantitative estimate of drug-likeness (QED) is 0.531. The number of hydrogen-bond acceptors (Lipinski definition) is 3. The maximum absolute atomic E-state index is 12.0. The van der Waals surface area contributed by atoms with Crippen molar-refractivity contribution in [1.82, 2.24) is 20.5 Å². The molecule has 0 aliphatic carbocycles. The fourth-order valence-electron chi connectivity index (χ4n) is 2.92. The molecule has 2 aromatic carbocycles. The Morgan fingerprint density at radius 1 is 1.00 bits per heavy atom. The molecule has 6 nitrogen and oxygen atoms in total. The van der Waals surface area contributed by atoms with Gasteiger partial charge in [0.2, 0.25) is 0 Å². The number of nitrogens with zero attached hydrogens (tertiary/aromatic N) is 3. The van der Waals surface area contributed by atoms with E-state index >= 15 is 0 Å². The Bertz CT molecular complexity index is 974. The van der Waals surface area contributed by atoms with Gasteiger partial charge in [0.25, 0.3) is 5.91 Å². The number of aliphatic imine (C=N–C) groups is 1. The van der Waals surface area contributed by atoms with E-state index in [0.29, 0.717) is 24.6 Å². The van der Waals surface area contributed by atoms with E-state index in [2.05, 4.69) is 38.8 Å². The predicted octanol–water partition coefficient (Wildman–Crippen LogP) is 2.80. The zero-order chi connectivity index (χ0) is 19.9. The molecule has 0 atom stereocenters. The Labute approximate surface area is 165 Å². The summed E-state index contributed by atoms with van der Waals surface area (Å²) in [5.41, 5.74) is 3.87. The van der Waals surface area contributed by atoms with Crippen molar-refractivity contribution in [3.8, 4) is 0 Å². The van der Waals surface area contributed by atoms with Crippen LogP contribution in [0.1, 0.15) is 21.5 Å². The number of pyridine rings is 1. The van der Waals surface area contributed by atoms with E-state index in [9.17, 15) is 4.79 Å². The summed E-state index contributed by atoms with van der Waals surface area (Å²) in [4.78, 5) is 22.3. The zero-order valence-corrected chi connectivity index (χ0v) is 16.4. The van der Waals surface area contributed by atoms with Gasteiger partial charge in [-0.05, 0) is 29.3 Å². The van der Waals surface area contributed by atoms with E-state index in [4.69, 9.17) is 0 Å². The summed E-state index contributed by atoms with van der Waals surface area (Å²) in [6, 6.07) is 17.8. The van der Waals surface area contributed by atoms with E-state index in [1.165, 1.54) is 0 Å². The molecule has 1 aromatic heterocycles. The summed E-state index contributed by atoms with van der Waals surface area (Å²) in [6.07, 6.45) is 1.81. The number of guanidine groups is 1. The van der Waals surface area contributed by atoms with Crippen molar-refractivity contribution >= 4 is 22.8 Å². The minimum Gasteiger partial charge on any atom is -0.352 e. The molecule has 0 bridgehead atoms. The van der Waals surface area contributed by atoms with Crippen LogP contribution in [0.3, 0.4) is 0 Å². The minimum atomic E-state index is 0.000632. The number of amides is 1. The molecule has 0 saturated carbocycles. The van der Waals surface area contributed by atoms with E-state index < -0.39 is 0 Å². The molecular formula is C22H25N5O. The maximum atomic E-state index is 12.0. The van der Waals surface area contributed by atoms with Crippen molar-refractivity contribution in [2.45, 2.75) is 13.1 Å². The molecular weight excluding hydrogens is 350 g/mol. The second-order valence-corrected chi connectivity index (χ2v) is 6.67. The Balaban J connectivity index is 1.58. The fraction of sp³-hybridized carbons (Fsp3) is 0.227. The molecule has 0 fully saturated rings. The summed E-state index contributed by atoms with van der Waals surface area (Å²) in [5, 5.41) is 7.75. The fourth-order valence-corrected chi connectivity index (χ4v) is 2.92. The van der Waals surface area contributed by atoms with Crippen LogP contribution in [0.5, 0.6) is 0 Å². The second-order valence-electron chi connectivity index (χ2n) is 6.67. The SMILES string of the molecule is CN=C(NCc1ccc(C(=O)N(C)C)cc1)NCc1cccc2cccnc12. The first-order valence-corrected chi connectivity index (χ1v) is 9.16. The molecule has 1 heterocycles. The minimum absolute atomic E-state index is 0.000632. The van der Waals surface area contributed by atoms with Gasteiger partial charge < -0.3 is 15.5 Å². The lowest BCUT2D eigenvalue weighted by molar-refractivity contribution is 0.0827. The molecule has 0 aliphatic rings. The van der Waals surface area contributed by atoms with Crippen molar-refractivity contribution in [2.24, 2.45) is 4.99 Å². The Kier molecular flexibility index (Phi) is 6.22. The van der Waals surface area contributed by atoms with Crippen molar-refractivity contribution in [2.75, 3.05) is 21.1 Å². The normalized spacial score (nSPS) is 11.3. The molecule has 6 heteroatoms. The molecule has 28 heavy (non-hydrogen) atoms.